The summed E-state index contributed by atoms with van der Waals surface area (Å²) in [4.78, 5) is 12.2. The molecule has 2 N–H and O–H groups in total. The minimum absolute atomic E-state index is 0.127. The van der Waals surface area contributed by atoms with Crippen LogP contribution in [0, 0.1) is 11.8 Å². The lowest BCUT2D eigenvalue weighted by atomic mass is 9.71. The number of hydrogen-bond acceptors (Lipinski definition) is 2. The van der Waals surface area contributed by atoms with Crippen molar-refractivity contribution in [2.75, 3.05) is 0 Å². The first-order chi connectivity index (χ1) is 11.7. The van der Waals surface area contributed by atoms with E-state index in [0.29, 0.717) is 22.6 Å². The molecule has 1 aromatic rings. The van der Waals surface area contributed by atoms with Gasteiger partial charge in [-0.05, 0) is 49.0 Å². The van der Waals surface area contributed by atoms with Crippen LogP contribution in [-0.4, -0.2) is 17.1 Å². The lowest BCUT2D eigenvalue weighted by Gasteiger charge is -2.39. The van der Waals surface area contributed by atoms with Crippen molar-refractivity contribution < 1.29 is 4.79 Å². The van der Waals surface area contributed by atoms with Crippen LogP contribution < -0.4 is 10.6 Å². The van der Waals surface area contributed by atoms with Crippen LogP contribution in [0.25, 0.3) is 0 Å². The van der Waals surface area contributed by atoms with Gasteiger partial charge in [0.25, 0.3) is 5.91 Å². The van der Waals surface area contributed by atoms with Crippen LogP contribution in [0.3, 0.4) is 0 Å². The quantitative estimate of drug-likeness (QED) is 0.797. The first-order valence-electron chi connectivity index (χ1n) is 9.41. The van der Waals surface area contributed by atoms with Crippen molar-refractivity contribution in [3.8, 4) is 0 Å². The Morgan fingerprint density at radius 2 is 1.58 bits per heavy atom. The first kappa shape index (κ1) is 17.4. The van der Waals surface area contributed by atoms with Crippen molar-refractivity contribution in [3.05, 3.63) is 35.9 Å². The predicted octanol–water partition coefficient (Wildman–Crippen LogP) is 4.43. The maximum absolute atomic E-state index is 12.2. The zero-order chi connectivity index (χ0) is 16.8. The second-order valence-electron chi connectivity index (χ2n) is 7.25. The standard InChI is InChI=1S/C20H28N2OS/c23-19(16-11-5-2-6-12-16)22-20(24)21-18-14-8-7-13-17(18)15-9-3-1-4-10-15/h2,5-6,11-12,15,17-18H,1,3-4,7-10,13-14H2,(H2,21,22,23,24). The number of carbonyl (C=O) groups is 1. The Balaban J connectivity index is 1.56. The molecule has 0 saturated heterocycles. The molecule has 24 heavy (non-hydrogen) atoms. The van der Waals surface area contributed by atoms with E-state index in [-0.39, 0.29) is 5.91 Å². The summed E-state index contributed by atoms with van der Waals surface area (Å²) in [5.41, 5.74) is 0.647. The maximum Gasteiger partial charge on any atom is 0.257 e. The highest BCUT2D eigenvalue weighted by atomic mass is 32.1. The molecule has 0 aromatic heterocycles. The molecule has 0 bridgehead atoms. The van der Waals surface area contributed by atoms with Gasteiger partial charge < -0.3 is 5.32 Å². The lowest BCUT2D eigenvalue weighted by Crippen LogP contribution is -2.49. The Hall–Kier alpha value is -1.42. The van der Waals surface area contributed by atoms with Gasteiger partial charge in [0.2, 0.25) is 0 Å². The fourth-order valence-electron chi connectivity index (χ4n) is 4.43. The Bertz CT molecular complexity index is 554. The number of hydrogen-bond donors (Lipinski definition) is 2. The highest BCUT2D eigenvalue weighted by molar-refractivity contribution is 7.80. The minimum atomic E-state index is -0.127. The summed E-state index contributed by atoms with van der Waals surface area (Å²) in [6.45, 7) is 0. The second kappa shape index (κ2) is 8.61. The molecular formula is C20H28N2OS. The van der Waals surface area contributed by atoms with Crippen molar-refractivity contribution >= 4 is 23.2 Å². The molecule has 1 amide bonds. The van der Waals surface area contributed by atoms with Gasteiger partial charge >= 0.3 is 0 Å². The molecule has 130 valence electrons. The smallest absolute Gasteiger partial charge is 0.257 e. The SMILES string of the molecule is O=C(NC(=S)NC1CCCCC1C1CCCCC1)c1ccccc1. The average molecular weight is 345 g/mol. The van der Waals surface area contributed by atoms with Crippen LogP contribution in [0.4, 0.5) is 0 Å². The Labute approximate surface area is 150 Å². The van der Waals surface area contributed by atoms with E-state index in [4.69, 9.17) is 12.2 Å². The zero-order valence-electron chi connectivity index (χ0n) is 14.3. The van der Waals surface area contributed by atoms with Crippen molar-refractivity contribution in [3.63, 3.8) is 0 Å². The van der Waals surface area contributed by atoms with E-state index >= 15 is 0 Å². The fourth-order valence-corrected chi connectivity index (χ4v) is 4.68. The molecule has 1 aromatic carbocycles. The molecule has 2 fully saturated rings. The molecule has 0 heterocycles. The minimum Gasteiger partial charge on any atom is -0.359 e. The third kappa shape index (κ3) is 4.56. The van der Waals surface area contributed by atoms with E-state index in [0.717, 1.165) is 5.92 Å². The number of rotatable bonds is 3. The number of carbonyl (C=O) groups excluding carboxylic acids is 1. The fraction of sp³-hybridized carbons (Fsp3) is 0.600. The van der Waals surface area contributed by atoms with Crippen molar-refractivity contribution in [2.24, 2.45) is 11.8 Å². The summed E-state index contributed by atoms with van der Waals surface area (Å²) in [7, 11) is 0. The summed E-state index contributed by atoms with van der Waals surface area (Å²) in [6.07, 6.45) is 12.0. The molecule has 2 aliphatic rings. The molecule has 3 nitrogen and oxygen atoms in total. The van der Waals surface area contributed by atoms with Gasteiger partial charge in [0.15, 0.2) is 5.11 Å². The van der Waals surface area contributed by atoms with E-state index < -0.39 is 0 Å². The molecule has 0 spiro atoms. The molecule has 0 aliphatic heterocycles. The van der Waals surface area contributed by atoms with E-state index in [1.807, 2.05) is 30.3 Å². The van der Waals surface area contributed by atoms with E-state index in [9.17, 15) is 4.79 Å². The van der Waals surface area contributed by atoms with Crippen molar-refractivity contribution in [1.82, 2.24) is 10.6 Å². The zero-order valence-corrected chi connectivity index (χ0v) is 15.1. The average Bonchev–Trinajstić information content (AvgIpc) is 2.63. The van der Waals surface area contributed by atoms with Crippen LogP contribution >= 0.6 is 12.2 Å². The van der Waals surface area contributed by atoms with Gasteiger partial charge in [-0.3, -0.25) is 10.1 Å². The number of thiocarbonyl (C=S) groups is 1. The monoisotopic (exact) mass is 344 g/mol. The van der Waals surface area contributed by atoms with Crippen molar-refractivity contribution in [1.29, 1.82) is 0 Å². The number of amides is 1. The Morgan fingerprint density at radius 1 is 0.917 bits per heavy atom. The molecule has 4 heteroatoms. The molecule has 2 unspecified atom stereocenters. The highest BCUT2D eigenvalue weighted by Crippen LogP contribution is 2.38. The van der Waals surface area contributed by atoms with Gasteiger partial charge in [-0.1, -0.05) is 63.1 Å². The summed E-state index contributed by atoms with van der Waals surface area (Å²) >= 11 is 5.42. The van der Waals surface area contributed by atoms with Crippen LogP contribution in [0.2, 0.25) is 0 Å². The number of benzene rings is 1. The summed E-state index contributed by atoms with van der Waals surface area (Å²) in [5.74, 6) is 1.42. The first-order valence-corrected chi connectivity index (χ1v) is 9.82. The Morgan fingerprint density at radius 3 is 2.33 bits per heavy atom. The summed E-state index contributed by atoms with van der Waals surface area (Å²) < 4.78 is 0. The van der Waals surface area contributed by atoms with Crippen LogP contribution in [0.5, 0.6) is 0 Å². The van der Waals surface area contributed by atoms with E-state index in [1.54, 1.807) is 0 Å². The van der Waals surface area contributed by atoms with Crippen LogP contribution in [0.1, 0.15) is 68.1 Å². The van der Waals surface area contributed by atoms with Gasteiger partial charge in [-0.15, -0.1) is 0 Å². The predicted molar refractivity (Wildman–Crippen MR) is 102 cm³/mol. The third-order valence-electron chi connectivity index (χ3n) is 5.65. The van der Waals surface area contributed by atoms with E-state index in [2.05, 4.69) is 10.6 Å². The van der Waals surface area contributed by atoms with E-state index in [1.165, 1.54) is 57.8 Å². The second-order valence-corrected chi connectivity index (χ2v) is 7.65. The third-order valence-corrected chi connectivity index (χ3v) is 5.87. The molecule has 2 aliphatic carbocycles. The van der Waals surface area contributed by atoms with Gasteiger partial charge in [0, 0.05) is 11.6 Å². The van der Waals surface area contributed by atoms with Crippen LogP contribution in [-0.2, 0) is 0 Å². The summed E-state index contributed by atoms with van der Waals surface area (Å²) in [5, 5.41) is 6.80. The van der Waals surface area contributed by atoms with Gasteiger partial charge in [-0.25, -0.2) is 0 Å². The maximum atomic E-state index is 12.2. The van der Waals surface area contributed by atoms with Gasteiger partial charge in [0.05, 0.1) is 0 Å². The highest BCUT2D eigenvalue weighted by Gasteiger charge is 2.32. The normalized spacial score (nSPS) is 25.0. The molecule has 0 radical (unpaired) electrons. The molecule has 2 saturated carbocycles. The van der Waals surface area contributed by atoms with Crippen molar-refractivity contribution in [2.45, 2.75) is 63.8 Å². The van der Waals surface area contributed by atoms with Gasteiger partial charge in [0.1, 0.15) is 0 Å². The number of nitrogens with one attached hydrogen (secondary N) is 2. The summed E-state index contributed by atoms with van der Waals surface area (Å²) in [6, 6.07) is 9.68. The topological polar surface area (TPSA) is 41.1 Å². The molecular weight excluding hydrogens is 316 g/mol. The molecule has 2 atom stereocenters. The molecule has 3 rings (SSSR count). The van der Waals surface area contributed by atoms with Crippen LogP contribution in [0.15, 0.2) is 30.3 Å². The lowest BCUT2D eigenvalue weighted by molar-refractivity contribution is 0.0975. The largest absolute Gasteiger partial charge is 0.359 e. The van der Waals surface area contributed by atoms with Gasteiger partial charge in [-0.2, -0.15) is 0 Å². The Kier molecular flexibility index (Phi) is 6.24.